The Bertz CT molecular complexity index is 228. The zero-order valence-electron chi connectivity index (χ0n) is 7.16. The van der Waals surface area contributed by atoms with Gasteiger partial charge in [-0.1, -0.05) is 25.2 Å². The highest BCUT2D eigenvalue weighted by Gasteiger charge is 2.29. The van der Waals surface area contributed by atoms with E-state index < -0.39 is 0 Å². The molecule has 12 heavy (non-hydrogen) atoms. The van der Waals surface area contributed by atoms with Gasteiger partial charge in [-0.2, -0.15) is 0 Å². The summed E-state index contributed by atoms with van der Waals surface area (Å²) in [5, 5.41) is 0. The van der Waals surface area contributed by atoms with Crippen molar-refractivity contribution in [2.75, 3.05) is 0 Å². The second kappa shape index (κ2) is 3.50. The summed E-state index contributed by atoms with van der Waals surface area (Å²) in [6, 6.07) is 0. The molecule has 1 fully saturated rings. The SMILES string of the molecule is CC1C(I)=CC=CC1OC1CC1. The molecule has 0 N–H and O–H groups in total. The van der Waals surface area contributed by atoms with Gasteiger partial charge in [0.05, 0.1) is 12.2 Å². The van der Waals surface area contributed by atoms with Crippen LogP contribution in [0.1, 0.15) is 19.8 Å². The Morgan fingerprint density at radius 3 is 2.92 bits per heavy atom. The Hall–Kier alpha value is 0.170. The zero-order chi connectivity index (χ0) is 8.55. The fraction of sp³-hybridized carbons (Fsp3) is 0.600. The average molecular weight is 276 g/mol. The fourth-order valence-electron chi connectivity index (χ4n) is 1.32. The Morgan fingerprint density at radius 1 is 1.50 bits per heavy atom. The van der Waals surface area contributed by atoms with Gasteiger partial charge in [0.2, 0.25) is 0 Å². The van der Waals surface area contributed by atoms with Crippen molar-refractivity contribution in [3.63, 3.8) is 0 Å². The van der Waals surface area contributed by atoms with Gasteiger partial charge >= 0.3 is 0 Å². The molecule has 0 bridgehead atoms. The van der Waals surface area contributed by atoms with E-state index >= 15 is 0 Å². The van der Waals surface area contributed by atoms with E-state index in [-0.39, 0.29) is 0 Å². The molecular formula is C10H13IO. The maximum absolute atomic E-state index is 5.85. The van der Waals surface area contributed by atoms with E-state index in [2.05, 4.69) is 47.7 Å². The second-order valence-corrected chi connectivity index (χ2v) is 4.77. The van der Waals surface area contributed by atoms with Crippen LogP contribution in [0.15, 0.2) is 21.8 Å². The van der Waals surface area contributed by atoms with Crippen molar-refractivity contribution in [2.45, 2.75) is 32.0 Å². The lowest BCUT2D eigenvalue weighted by atomic mass is 10.00. The monoisotopic (exact) mass is 276 g/mol. The molecule has 2 atom stereocenters. The first-order valence-corrected chi connectivity index (χ1v) is 5.54. The Morgan fingerprint density at radius 2 is 2.25 bits per heavy atom. The van der Waals surface area contributed by atoms with Gasteiger partial charge in [0.1, 0.15) is 0 Å². The van der Waals surface area contributed by atoms with E-state index in [1.165, 1.54) is 16.4 Å². The summed E-state index contributed by atoms with van der Waals surface area (Å²) in [4.78, 5) is 0. The number of ether oxygens (including phenoxy) is 1. The molecule has 0 saturated heterocycles. The van der Waals surface area contributed by atoms with Gasteiger partial charge in [-0.3, -0.25) is 0 Å². The number of hydrogen-bond acceptors (Lipinski definition) is 1. The zero-order valence-corrected chi connectivity index (χ0v) is 9.32. The van der Waals surface area contributed by atoms with Crippen molar-refractivity contribution in [3.05, 3.63) is 21.8 Å². The summed E-state index contributed by atoms with van der Waals surface area (Å²) >= 11 is 2.39. The first-order chi connectivity index (χ1) is 5.77. The average Bonchev–Trinajstić information content (AvgIpc) is 2.83. The van der Waals surface area contributed by atoms with Gasteiger partial charge in [-0.05, 0) is 39.0 Å². The molecule has 2 unspecified atom stereocenters. The van der Waals surface area contributed by atoms with Crippen LogP contribution in [0.2, 0.25) is 0 Å². The molecule has 1 saturated carbocycles. The highest BCUT2D eigenvalue weighted by molar-refractivity contribution is 14.1. The first-order valence-electron chi connectivity index (χ1n) is 4.46. The van der Waals surface area contributed by atoms with Crippen LogP contribution in [0, 0.1) is 5.92 Å². The summed E-state index contributed by atoms with van der Waals surface area (Å²) in [6.07, 6.45) is 9.85. The van der Waals surface area contributed by atoms with E-state index in [0.717, 1.165) is 0 Å². The predicted octanol–water partition coefficient (Wildman–Crippen LogP) is 3.06. The van der Waals surface area contributed by atoms with Gasteiger partial charge in [-0.25, -0.2) is 0 Å². The van der Waals surface area contributed by atoms with E-state index in [1.807, 2.05) is 0 Å². The summed E-state index contributed by atoms with van der Waals surface area (Å²) in [5.41, 5.74) is 0. The topological polar surface area (TPSA) is 9.23 Å². The number of halogens is 1. The minimum atomic E-state index is 0.328. The third kappa shape index (κ3) is 1.91. The molecule has 66 valence electrons. The maximum Gasteiger partial charge on any atom is 0.0832 e. The lowest BCUT2D eigenvalue weighted by molar-refractivity contribution is 0.0482. The minimum absolute atomic E-state index is 0.328. The van der Waals surface area contributed by atoms with Crippen LogP contribution >= 0.6 is 22.6 Å². The Labute approximate surface area is 87.0 Å². The molecule has 0 radical (unpaired) electrons. The molecule has 0 heterocycles. The summed E-state index contributed by atoms with van der Waals surface area (Å²) in [5.74, 6) is 0.552. The first kappa shape index (κ1) is 8.75. The smallest absolute Gasteiger partial charge is 0.0832 e. The van der Waals surface area contributed by atoms with Crippen LogP contribution in [0.25, 0.3) is 0 Å². The molecule has 0 aromatic heterocycles. The highest BCUT2D eigenvalue weighted by atomic mass is 127. The van der Waals surface area contributed by atoms with Crippen molar-refractivity contribution < 1.29 is 4.74 Å². The van der Waals surface area contributed by atoms with Gasteiger partial charge in [0, 0.05) is 5.92 Å². The third-order valence-corrected chi connectivity index (χ3v) is 3.70. The Kier molecular flexibility index (Phi) is 2.55. The van der Waals surface area contributed by atoms with Crippen LogP contribution in [-0.2, 0) is 4.74 Å². The van der Waals surface area contributed by atoms with Crippen LogP contribution in [0.4, 0.5) is 0 Å². The molecule has 0 amide bonds. The van der Waals surface area contributed by atoms with E-state index in [9.17, 15) is 0 Å². The minimum Gasteiger partial charge on any atom is -0.370 e. The van der Waals surface area contributed by atoms with E-state index in [0.29, 0.717) is 18.1 Å². The van der Waals surface area contributed by atoms with Gasteiger partial charge < -0.3 is 4.74 Å². The quantitative estimate of drug-likeness (QED) is 0.704. The molecule has 0 aliphatic heterocycles. The molecule has 2 aliphatic carbocycles. The van der Waals surface area contributed by atoms with Crippen molar-refractivity contribution in [1.29, 1.82) is 0 Å². The summed E-state index contributed by atoms with van der Waals surface area (Å²) in [7, 11) is 0. The molecule has 0 aromatic carbocycles. The Balaban J connectivity index is 1.97. The van der Waals surface area contributed by atoms with Crippen LogP contribution in [0.5, 0.6) is 0 Å². The fourth-order valence-corrected chi connectivity index (χ4v) is 1.88. The van der Waals surface area contributed by atoms with Crippen molar-refractivity contribution >= 4 is 22.6 Å². The molecule has 2 rings (SSSR count). The van der Waals surface area contributed by atoms with Gasteiger partial charge in [0.15, 0.2) is 0 Å². The number of rotatable bonds is 2. The molecule has 0 spiro atoms. The normalized spacial score (nSPS) is 35.0. The second-order valence-electron chi connectivity index (χ2n) is 3.53. The van der Waals surface area contributed by atoms with E-state index in [1.54, 1.807) is 0 Å². The van der Waals surface area contributed by atoms with Gasteiger partial charge in [-0.15, -0.1) is 0 Å². The van der Waals surface area contributed by atoms with Crippen molar-refractivity contribution in [1.82, 2.24) is 0 Å². The number of allylic oxidation sites excluding steroid dienone is 2. The molecule has 2 heteroatoms. The summed E-state index contributed by atoms with van der Waals surface area (Å²) in [6.45, 7) is 2.23. The van der Waals surface area contributed by atoms with E-state index in [4.69, 9.17) is 4.74 Å². The lowest BCUT2D eigenvalue weighted by Crippen LogP contribution is -2.22. The maximum atomic E-state index is 5.85. The molecule has 1 nitrogen and oxygen atoms in total. The molecule has 2 aliphatic rings. The van der Waals surface area contributed by atoms with Gasteiger partial charge in [0.25, 0.3) is 0 Å². The standard InChI is InChI=1S/C10H13IO/c1-7-9(11)3-2-4-10(7)12-8-5-6-8/h2-4,7-8,10H,5-6H2,1H3. The van der Waals surface area contributed by atoms with Crippen LogP contribution in [-0.4, -0.2) is 12.2 Å². The van der Waals surface area contributed by atoms with Crippen LogP contribution in [0.3, 0.4) is 0 Å². The molecular weight excluding hydrogens is 263 g/mol. The summed E-state index contributed by atoms with van der Waals surface area (Å²) < 4.78 is 7.26. The largest absolute Gasteiger partial charge is 0.370 e. The van der Waals surface area contributed by atoms with Crippen molar-refractivity contribution in [3.8, 4) is 0 Å². The lowest BCUT2D eigenvalue weighted by Gasteiger charge is -2.23. The third-order valence-electron chi connectivity index (χ3n) is 2.36. The molecule has 0 aromatic rings. The van der Waals surface area contributed by atoms with Crippen molar-refractivity contribution in [2.24, 2.45) is 5.92 Å². The van der Waals surface area contributed by atoms with Crippen LogP contribution < -0.4 is 0 Å². The highest BCUT2D eigenvalue weighted by Crippen LogP contribution is 2.33. The number of hydrogen-bond donors (Lipinski definition) is 0. The predicted molar refractivity (Wildman–Crippen MR) is 58.3 cm³/mol.